The lowest BCUT2D eigenvalue weighted by Gasteiger charge is -2.31. The molecule has 2 N–H and O–H groups in total. The molecule has 1 heterocycles. The van der Waals surface area contributed by atoms with Gasteiger partial charge in [0.25, 0.3) is 5.91 Å². The summed E-state index contributed by atoms with van der Waals surface area (Å²) in [7, 11) is 0. The number of rotatable bonds is 8. The van der Waals surface area contributed by atoms with E-state index in [2.05, 4.69) is 24.1 Å². The Hall–Kier alpha value is -1.59. The van der Waals surface area contributed by atoms with Crippen molar-refractivity contribution >= 4 is 5.91 Å². The molecule has 134 valence electrons. The van der Waals surface area contributed by atoms with Crippen LogP contribution in [-0.2, 0) is 11.2 Å². The molecule has 2 rings (SSSR count). The predicted octanol–water partition coefficient (Wildman–Crippen LogP) is 1.84. The number of ether oxygens (including phenoxy) is 1. The average Bonchev–Trinajstić information content (AvgIpc) is 2.60. The third-order valence-electron chi connectivity index (χ3n) is 4.58. The highest BCUT2D eigenvalue weighted by atomic mass is 16.5. The van der Waals surface area contributed by atoms with E-state index in [1.54, 1.807) is 0 Å². The van der Waals surface area contributed by atoms with Crippen molar-refractivity contribution in [3.8, 4) is 5.75 Å². The van der Waals surface area contributed by atoms with Crippen molar-refractivity contribution in [2.45, 2.75) is 39.2 Å². The van der Waals surface area contributed by atoms with Crippen molar-refractivity contribution < 1.29 is 14.6 Å². The minimum absolute atomic E-state index is 0.0284. The highest BCUT2D eigenvalue weighted by Crippen LogP contribution is 2.16. The van der Waals surface area contributed by atoms with E-state index in [4.69, 9.17) is 4.74 Å². The molecule has 1 atom stereocenters. The number of likely N-dealkylation sites (tertiary alicyclic amines) is 1. The summed E-state index contributed by atoms with van der Waals surface area (Å²) in [6.07, 6.45) is 2.81. The third-order valence-corrected chi connectivity index (χ3v) is 4.58. The smallest absolute Gasteiger partial charge is 0.258 e. The SMILES string of the molecule is CCc1ccc(OCC(=O)NCC(O)CN2CCC(C)CC2)cc1. The van der Waals surface area contributed by atoms with Gasteiger partial charge in [0, 0.05) is 13.1 Å². The van der Waals surface area contributed by atoms with E-state index in [9.17, 15) is 9.90 Å². The van der Waals surface area contributed by atoms with Gasteiger partial charge < -0.3 is 20.1 Å². The Balaban J connectivity index is 1.61. The summed E-state index contributed by atoms with van der Waals surface area (Å²) < 4.78 is 5.46. The number of carbonyl (C=O) groups excluding carboxylic acids is 1. The van der Waals surface area contributed by atoms with E-state index >= 15 is 0 Å². The summed E-state index contributed by atoms with van der Waals surface area (Å²) in [4.78, 5) is 14.1. The summed E-state index contributed by atoms with van der Waals surface area (Å²) in [5.41, 5.74) is 1.24. The number of amides is 1. The van der Waals surface area contributed by atoms with Crippen molar-refractivity contribution in [2.24, 2.45) is 5.92 Å². The van der Waals surface area contributed by atoms with E-state index in [0.717, 1.165) is 25.4 Å². The fourth-order valence-corrected chi connectivity index (χ4v) is 2.86. The first kappa shape index (κ1) is 18.7. The summed E-state index contributed by atoms with van der Waals surface area (Å²) >= 11 is 0. The zero-order chi connectivity index (χ0) is 17.4. The van der Waals surface area contributed by atoms with Gasteiger partial charge in [0.15, 0.2) is 6.61 Å². The van der Waals surface area contributed by atoms with Gasteiger partial charge in [-0.1, -0.05) is 26.0 Å². The monoisotopic (exact) mass is 334 g/mol. The Morgan fingerprint density at radius 1 is 1.33 bits per heavy atom. The van der Waals surface area contributed by atoms with E-state index < -0.39 is 6.10 Å². The number of hydrogen-bond acceptors (Lipinski definition) is 4. The molecule has 0 radical (unpaired) electrons. The van der Waals surface area contributed by atoms with Crippen LogP contribution in [-0.4, -0.2) is 54.8 Å². The summed E-state index contributed by atoms with van der Waals surface area (Å²) in [6.45, 7) is 7.28. The number of aliphatic hydroxyl groups is 1. The van der Waals surface area contributed by atoms with Crippen molar-refractivity contribution in [1.29, 1.82) is 0 Å². The zero-order valence-corrected chi connectivity index (χ0v) is 14.8. The van der Waals surface area contributed by atoms with Crippen LogP contribution in [0.25, 0.3) is 0 Å². The highest BCUT2D eigenvalue weighted by molar-refractivity contribution is 5.77. The molecule has 1 amide bonds. The molecule has 0 bridgehead atoms. The standard InChI is InChI=1S/C19H30N2O3/c1-3-16-4-6-18(7-5-16)24-14-19(23)20-12-17(22)13-21-10-8-15(2)9-11-21/h4-7,15,17,22H,3,8-14H2,1-2H3,(H,20,23). The second-order valence-corrected chi connectivity index (χ2v) is 6.73. The van der Waals surface area contributed by atoms with Crippen LogP contribution >= 0.6 is 0 Å². The minimum atomic E-state index is -0.536. The fourth-order valence-electron chi connectivity index (χ4n) is 2.86. The Morgan fingerprint density at radius 2 is 2.00 bits per heavy atom. The van der Waals surface area contributed by atoms with Crippen LogP contribution in [0.4, 0.5) is 0 Å². The number of hydrogen-bond donors (Lipinski definition) is 2. The summed E-state index contributed by atoms with van der Waals surface area (Å²) in [6, 6.07) is 7.74. The van der Waals surface area contributed by atoms with E-state index in [1.807, 2.05) is 24.3 Å². The van der Waals surface area contributed by atoms with Gasteiger partial charge in [-0.25, -0.2) is 0 Å². The van der Waals surface area contributed by atoms with Gasteiger partial charge in [-0.15, -0.1) is 0 Å². The molecule has 1 aromatic rings. The Kier molecular flexibility index (Phi) is 7.53. The minimum Gasteiger partial charge on any atom is -0.484 e. The van der Waals surface area contributed by atoms with Gasteiger partial charge >= 0.3 is 0 Å². The first-order valence-corrected chi connectivity index (χ1v) is 8.95. The van der Waals surface area contributed by atoms with Crippen molar-refractivity contribution in [2.75, 3.05) is 32.8 Å². The molecule has 1 aromatic carbocycles. The maximum absolute atomic E-state index is 11.8. The van der Waals surface area contributed by atoms with E-state index in [-0.39, 0.29) is 19.1 Å². The quantitative estimate of drug-likeness (QED) is 0.761. The maximum Gasteiger partial charge on any atom is 0.258 e. The number of benzene rings is 1. The first-order chi connectivity index (χ1) is 11.6. The lowest BCUT2D eigenvalue weighted by molar-refractivity contribution is -0.123. The predicted molar refractivity (Wildman–Crippen MR) is 95.2 cm³/mol. The number of aliphatic hydroxyl groups excluding tert-OH is 1. The molecule has 1 fully saturated rings. The molecule has 5 nitrogen and oxygen atoms in total. The number of nitrogens with zero attached hydrogens (tertiary/aromatic N) is 1. The molecule has 24 heavy (non-hydrogen) atoms. The second kappa shape index (κ2) is 9.64. The average molecular weight is 334 g/mol. The molecule has 1 aliphatic rings. The lowest BCUT2D eigenvalue weighted by atomic mass is 9.99. The molecule has 0 spiro atoms. The molecule has 5 heteroatoms. The molecule has 0 saturated carbocycles. The van der Waals surface area contributed by atoms with Gasteiger partial charge in [0.1, 0.15) is 5.75 Å². The van der Waals surface area contributed by atoms with Gasteiger partial charge in [0.2, 0.25) is 0 Å². The van der Waals surface area contributed by atoms with E-state index in [0.29, 0.717) is 12.3 Å². The van der Waals surface area contributed by atoms with Crippen LogP contribution in [0.15, 0.2) is 24.3 Å². The fraction of sp³-hybridized carbons (Fsp3) is 0.632. The van der Waals surface area contributed by atoms with Crippen LogP contribution in [0.2, 0.25) is 0 Å². The van der Waals surface area contributed by atoms with Crippen molar-refractivity contribution in [3.05, 3.63) is 29.8 Å². The molecule has 0 aliphatic carbocycles. The van der Waals surface area contributed by atoms with Crippen LogP contribution < -0.4 is 10.1 Å². The third kappa shape index (κ3) is 6.49. The summed E-state index contributed by atoms with van der Waals surface area (Å²) in [5.74, 6) is 1.26. The molecule has 1 aliphatic heterocycles. The van der Waals surface area contributed by atoms with Gasteiger partial charge in [0.05, 0.1) is 6.10 Å². The number of nitrogens with one attached hydrogen (secondary N) is 1. The Bertz CT molecular complexity index is 496. The number of aryl methyl sites for hydroxylation is 1. The number of carbonyl (C=O) groups is 1. The molecule has 0 aromatic heterocycles. The Labute approximate surface area is 145 Å². The van der Waals surface area contributed by atoms with Gasteiger partial charge in [-0.2, -0.15) is 0 Å². The van der Waals surface area contributed by atoms with Crippen LogP contribution in [0.3, 0.4) is 0 Å². The topological polar surface area (TPSA) is 61.8 Å². The largest absolute Gasteiger partial charge is 0.484 e. The molecular formula is C19H30N2O3. The van der Waals surface area contributed by atoms with Crippen molar-refractivity contribution in [3.63, 3.8) is 0 Å². The zero-order valence-electron chi connectivity index (χ0n) is 14.8. The summed E-state index contributed by atoms with van der Waals surface area (Å²) in [5, 5.41) is 12.8. The van der Waals surface area contributed by atoms with Gasteiger partial charge in [-0.3, -0.25) is 4.79 Å². The lowest BCUT2D eigenvalue weighted by Crippen LogP contribution is -2.43. The number of β-amino-alcohol motifs (C(OH)–C–C–N with tert-alkyl or cyclic N) is 1. The number of piperidine rings is 1. The normalized spacial score (nSPS) is 17.5. The van der Waals surface area contributed by atoms with Gasteiger partial charge in [-0.05, 0) is 56.0 Å². The van der Waals surface area contributed by atoms with Crippen molar-refractivity contribution in [1.82, 2.24) is 10.2 Å². The molecular weight excluding hydrogens is 304 g/mol. The highest BCUT2D eigenvalue weighted by Gasteiger charge is 2.18. The van der Waals surface area contributed by atoms with Crippen LogP contribution in [0.1, 0.15) is 32.3 Å². The van der Waals surface area contributed by atoms with Crippen LogP contribution in [0.5, 0.6) is 5.75 Å². The Morgan fingerprint density at radius 3 is 2.62 bits per heavy atom. The maximum atomic E-state index is 11.8. The molecule has 1 unspecified atom stereocenters. The van der Waals surface area contributed by atoms with E-state index in [1.165, 1.54) is 18.4 Å². The molecule has 1 saturated heterocycles. The van der Waals surface area contributed by atoms with Crippen LogP contribution in [0, 0.1) is 5.92 Å². The second-order valence-electron chi connectivity index (χ2n) is 6.73. The first-order valence-electron chi connectivity index (χ1n) is 8.95.